The van der Waals surface area contributed by atoms with Crippen LogP contribution in [0, 0.1) is 10.8 Å². The fraction of sp³-hybridized carbons (Fsp3) is 0.579. The standard InChI is InChI=1S/C19H30/c1-17(2,3)16-11-9-15(10-12-16)13-14-19(7,8)18(4,5)6/h9-14H,1-8H3. The molecule has 106 valence electrons. The highest BCUT2D eigenvalue weighted by atomic mass is 14.3. The highest BCUT2D eigenvalue weighted by Crippen LogP contribution is 2.39. The molecule has 0 aliphatic carbocycles. The summed E-state index contributed by atoms with van der Waals surface area (Å²) in [5, 5.41) is 0. The van der Waals surface area contributed by atoms with Crippen LogP contribution < -0.4 is 0 Å². The fourth-order valence-electron chi connectivity index (χ4n) is 1.65. The van der Waals surface area contributed by atoms with Crippen molar-refractivity contribution in [2.75, 3.05) is 0 Å². The van der Waals surface area contributed by atoms with E-state index in [0.717, 1.165) is 0 Å². The van der Waals surface area contributed by atoms with E-state index < -0.39 is 0 Å². The summed E-state index contributed by atoms with van der Waals surface area (Å²) < 4.78 is 0. The van der Waals surface area contributed by atoms with Crippen LogP contribution in [0.1, 0.15) is 66.5 Å². The second kappa shape index (κ2) is 5.15. The monoisotopic (exact) mass is 258 g/mol. The largest absolute Gasteiger partial charge is 0.0777 e. The number of allylic oxidation sites excluding steroid dienone is 1. The maximum Gasteiger partial charge on any atom is -0.0123 e. The van der Waals surface area contributed by atoms with Crippen LogP contribution >= 0.6 is 0 Å². The molecule has 0 atom stereocenters. The topological polar surface area (TPSA) is 0 Å². The lowest BCUT2D eigenvalue weighted by molar-refractivity contribution is 0.194. The third-order valence-corrected chi connectivity index (χ3v) is 4.40. The first-order chi connectivity index (χ1) is 8.43. The van der Waals surface area contributed by atoms with Gasteiger partial charge in [0.15, 0.2) is 0 Å². The molecule has 0 nitrogen and oxygen atoms in total. The van der Waals surface area contributed by atoms with Crippen molar-refractivity contribution < 1.29 is 0 Å². The molecule has 1 aromatic carbocycles. The van der Waals surface area contributed by atoms with E-state index in [0.29, 0.717) is 0 Å². The molecule has 0 aliphatic heterocycles. The minimum absolute atomic E-state index is 0.190. The lowest BCUT2D eigenvalue weighted by Gasteiger charge is -2.36. The Labute approximate surface area is 119 Å². The van der Waals surface area contributed by atoms with Crippen LogP contribution in [0.3, 0.4) is 0 Å². The molecule has 0 heterocycles. The smallest absolute Gasteiger partial charge is 0.0123 e. The van der Waals surface area contributed by atoms with E-state index in [1.54, 1.807) is 0 Å². The Bertz CT molecular complexity index is 430. The van der Waals surface area contributed by atoms with E-state index in [9.17, 15) is 0 Å². The van der Waals surface area contributed by atoms with Gasteiger partial charge in [-0.2, -0.15) is 0 Å². The molecular weight excluding hydrogens is 228 g/mol. The number of rotatable bonds is 2. The van der Waals surface area contributed by atoms with Crippen molar-refractivity contribution in [3.05, 3.63) is 41.5 Å². The third kappa shape index (κ3) is 4.23. The molecule has 0 amide bonds. The van der Waals surface area contributed by atoms with Crippen molar-refractivity contribution in [2.24, 2.45) is 10.8 Å². The quantitative estimate of drug-likeness (QED) is 0.604. The molecule has 1 rings (SSSR count). The van der Waals surface area contributed by atoms with Crippen LogP contribution in [0.4, 0.5) is 0 Å². The molecule has 0 saturated carbocycles. The van der Waals surface area contributed by atoms with Gasteiger partial charge in [-0.3, -0.25) is 0 Å². The summed E-state index contributed by atoms with van der Waals surface area (Å²) in [5.74, 6) is 0. The van der Waals surface area contributed by atoms with Gasteiger partial charge in [0.2, 0.25) is 0 Å². The summed E-state index contributed by atoms with van der Waals surface area (Å²) in [4.78, 5) is 0. The summed E-state index contributed by atoms with van der Waals surface area (Å²) in [6.07, 6.45) is 4.58. The van der Waals surface area contributed by atoms with E-state index >= 15 is 0 Å². The minimum Gasteiger partial charge on any atom is -0.0777 e. The van der Waals surface area contributed by atoms with Crippen molar-refractivity contribution in [3.8, 4) is 0 Å². The summed E-state index contributed by atoms with van der Waals surface area (Å²) in [6, 6.07) is 8.92. The van der Waals surface area contributed by atoms with Crippen LogP contribution in [0.25, 0.3) is 6.08 Å². The van der Waals surface area contributed by atoms with E-state index in [-0.39, 0.29) is 16.2 Å². The number of benzene rings is 1. The Morgan fingerprint density at radius 1 is 0.737 bits per heavy atom. The van der Waals surface area contributed by atoms with Gasteiger partial charge < -0.3 is 0 Å². The second-order valence-electron chi connectivity index (χ2n) is 8.18. The Balaban J connectivity index is 2.90. The second-order valence-corrected chi connectivity index (χ2v) is 8.18. The molecule has 19 heavy (non-hydrogen) atoms. The number of hydrogen-bond acceptors (Lipinski definition) is 0. The molecule has 0 bridgehead atoms. The van der Waals surface area contributed by atoms with E-state index in [4.69, 9.17) is 0 Å². The predicted molar refractivity (Wildman–Crippen MR) is 87.4 cm³/mol. The first-order valence-electron chi connectivity index (χ1n) is 7.23. The van der Waals surface area contributed by atoms with Gasteiger partial charge in [-0.15, -0.1) is 0 Å². The normalized spacial score (nSPS) is 14.1. The van der Waals surface area contributed by atoms with Crippen LogP contribution in [-0.4, -0.2) is 0 Å². The maximum atomic E-state index is 2.33. The third-order valence-electron chi connectivity index (χ3n) is 4.40. The van der Waals surface area contributed by atoms with Crippen molar-refractivity contribution in [1.29, 1.82) is 0 Å². The predicted octanol–water partition coefficient (Wildman–Crippen LogP) is 6.07. The molecule has 0 saturated heterocycles. The average Bonchev–Trinajstić information content (AvgIpc) is 2.24. The van der Waals surface area contributed by atoms with Crippen LogP contribution in [0.2, 0.25) is 0 Å². The molecule has 0 fully saturated rings. The molecule has 0 aliphatic rings. The summed E-state index contributed by atoms with van der Waals surface area (Å²) >= 11 is 0. The van der Waals surface area contributed by atoms with E-state index in [2.05, 4.69) is 91.8 Å². The van der Waals surface area contributed by atoms with Gasteiger partial charge in [0.05, 0.1) is 0 Å². The zero-order valence-corrected chi connectivity index (χ0v) is 14.0. The number of hydrogen-bond donors (Lipinski definition) is 0. The zero-order chi connectivity index (χ0) is 14.9. The van der Waals surface area contributed by atoms with E-state index in [1.165, 1.54) is 11.1 Å². The van der Waals surface area contributed by atoms with Crippen LogP contribution in [0.5, 0.6) is 0 Å². The Hall–Kier alpha value is -1.04. The molecule has 1 aromatic rings. The first kappa shape index (κ1) is 16.0. The molecule has 0 N–H and O–H groups in total. The van der Waals surface area contributed by atoms with Gasteiger partial charge in [0.25, 0.3) is 0 Å². The minimum atomic E-state index is 0.190. The van der Waals surface area contributed by atoms with Crippen molar-refractivity contribution in [1.82, 2.24) is 0 Å². The fourth-order valence-corrected chi connectivity index (χ4v) is 1.65. The summed E-state index contributed by atoms with van der Waals surface area (Å²) in [5.41, 5.74) is 3.36. The molecule has 0 heteroatoms. The summed E-state index contributed by atoms with van der Waals surface area (Å²) in [6.45, 7) is 18.2. The van der Waals surface area contributed by atoms with E-state index in [1.807, 2.05) is 0 Å². The molecule has 0 spiro atoms. The highest BCUT2D eigenvalue weighted by Gasteiger charge is 2.29. The van der Waals surface area contributed by atoms with Gasteiger partial charge >= 0.3 is 0 Å². The molecule has 0 aromatic heterocycles. The van der Waals surface area contributed by atoms with Gasteiger partial charge in [0, 0.05) is 0 Å². The summed E-state index contributed by atoms with van der Waals surface area (Å²) in [7, 11) is 0. The molecule has 0 unspecified atom stereocenters. The van der Waals surface area contributed by atoms with Crippen molar-refractivity contribution in [2.45, 2.75) is 60.8 Å². The first-order valence-corrected chi connectivity index (χ1v) is 7.23. The Kier molecular flexibility index (Phi) is 4.34. The van der Waals surface area contributed by atoms with Crippen LogP contribution in [0.15, 0.2) is 30.3 Å². The van der Waals surface area contributed by atoms with Crippen LogP contribution in [-0.2, 0) is 5.41 Å². The Morgan fingerprint density at radius 3 is 1.58 bits per heavy atom. The molecular formula is C19H30. The van der Waals surface area contributed by atoms with Gasteiger partial charge in [-0.1, -0.05) is 91.8 Å². The van der Waals surface area contributed by atoms with Crippen molar-refractivity contribution >= 4 is 6.08 Å². The van der Waals surface area contributed by atoms with Gasteiger partial charge in [0.1, 0.15) is 0 Å². The van der Waals surface area contributed by atoms with Gasteiger partial charge in [-0.25, -0.2) is 0 Å². The average molecular weight is 258 g/mol. The lowest BCUT2D eigenvalue weighted by Crippen LogP contribution is -2.27. The highest BCUT2D eigenvalue weighted by molar-refractivity contribution is 5.51. The SMILES string of the molecule is CC(C)(C)c1ccc(C=CC(C)(C)C(C)(C)C)cc1. The Morgan fingerprint density at radius 2 is 1.21 bits per heavy atom. The van der Waals surface area contributed by atoms with Crippen molar-refractivity contribution in [3.63, 3.8) is 0 Å². The molecule has 0 radical (unpaired) electrons. The lowest BCUT2D eigenvalue weighted by atomic mass is 9.69. The maximum absolute atomic E-state index is 2.33. The van der Waals surface area contributed by atoms with Gasteiger partial charge in [-0.05, 0) is 27.4 Å². The zero-order valence-electron chi connectivity index (χ0n) is 14.0.